The molecule has 1 N–H and O–H groups in total. The van der Waals surface area contributed by atoms with E-state index in [-0.39, 0.29) is 6.61 Å². The topological polar surface area (TPSA) is 47.3 Å². The summed E-state index contributed by atoms with van der Waals surface area (Å²) in [4.78, 5) is 2.31. The summed E-state index contributed by atoms with van der Waals surface area (Å²) in [6.45, 7) is 3.26. The van der Waals surface area contributed by atoms with Gasteiger partial charge in [0.05, 0.1) is 11.3 Å². The van der Waals surface area contributed by atoms with Gasteiger partial charge in [0.1, 0.15) is 6.07 Å². The zero-order chi connectivity index (χ0) is 13.0. The second-order valence-electron chi connectivity index (χ2n) is 4.99. The van der Waals surface area contributed by atoms with Crippen molar-refractivity contribution >= 4 is 5.69 Å². The number of aryl methyl sites for hydroxylation is 1. The number of nitriles is 1. The van der Waals surface area contributed by atoms with Crippen molar-refractivity contribution in [2.45, 2.75) is 38.6 Å². The van der Waals surface area contributed by atoms with Gasteiger partial charge in [-0.25, -0.2) is 0 Å². The Morgan fingerprint density at radius 3 is 3.00 bits per heavy atom. The summed E-state index contributed by atoms with van der Waals surface area (Å²) in [6, 6.07) is 8.62. The lowest BCUT2D eigenvalue weighted by atomic mass is 9.97. The molecule has 18 heavy (non-hydrogen) atoms. The molecule has 1 saturated heterocycles. The van der Waals surface area contributed by atoms with Gasteiger partial charge in [-0.1, -0.05) is 6.07 Å². The first-order chi connectivity index (χ1) is 8.76. The summed E-state index contributed by atoms with van der Waals surface area (Å²) >= 11 is 0. The maximum Gasteiger partial charge on any atom is 0.101 e. The van der Waals surface area contributed by atoms with Gasteiger partial charge in [0.25, 0.3) is 0 Å². The first kappa shape index (κ1) is 12.9. The van der Waals surface area contributed by atoms with Gasteiger partial charge < -0.3 is 10.0 Å². The minimum atomic E-state index is 0.217. The van der Waals surface area contributed by atoms with E-state index in [4.69, 9.17) is 0 Å². The molecule has 0 aromatic heterocycles. The Morgan fingerprint density at radius 1 is 1.44 bits per heavy atom. The fourth-order valence-corrected chi connectivity index (χ4v) is 2.74. The summed E-state index contributed by atoms with van der Waals surface area (Å²) in [5, 5.41) is 18.4. The third-order valence-corrected chi connectivity index (χ3v) is 3.67. The Balaban J connectivity index is 2.33. The molecular weight excluding hydrogens is 224 g/mol. The first-order valence-electron chi connectivity index (χ1n) is 6.64. The lowest BCUT2D eigenvalue weighted by molar-refractivity contribution is 0.262. The van der Waals surface area contributed by atoms with E-state index in [2.05, 4.69) is 24.0 Å². The smallest absolute Gasteiger partial charge is 0.101 e. The highest BCUT2D eigenvalue weighted by Gasteiger charge is 2.24. The highest BCUT2D eigenvalue weighted by atomic mass is 16.3. The number of hydrogen-bond acceptors (Lipinski definition) is 3. The van der Waals surface area contributed by atoms with Crippen molar-refractivity contribution in [2.75, 3.05) is 18.1 Å². The van der Waals surface area contributed by atoms with Crippen LogP contribution in [0.3, 0.4) is 0 Å². The molecule has 1 unspecified atom stereocenters. The summed E-state index contributed by atoms with van der Waals surface area (Å²) in [5.41, 5.74) is 2.96. The Labute approximate surface area is 109 Å². The second kappa shape index (κ2) is 5.88. The molecule has 1 aromatic carbocycles. The van der Waals surface area contributed by atoms with Crippen molar-refractivity contribution < 1.29 is 5.11 Å². The molecule has 96 valence electrons. The van der Waals surface area contributed by atoms with Gasteiger partial charge >= 0.3 is 0 Å². The molecule has 0 bridgehead atoms. The average Bonchev–Trinajstić information content (AvgIpc) is 2.40. The Morgan fingerprint density at radius 2 is 2.28 bits per heavy atom. The summed E-state index contributed by atoms with van der Waals surface area (Å²) in [5.74, 6) is 0. The molecule has 3 heteroatoms. The highest BCUT2D eigenvalue weighted by molar-refractivity contribution is 5.61. The van der Waals surface area contributed by atoms with Crippen molar-refractivity contribution in [1.29, 1.82) is 5.26 Å². The Kier molecular flexibility index (Phi) is 4.22. The molecule has 0 amide bonds. The normalized spacial score (nSPS) is 19.6. The van der Waals surface area contributed by atoms with Crippen LogP contribution in [0.1, 0.15) is 36.8 Å². The quantitative estimate of drug-likeness (QED) is 0.889. The van der Waals surface area contributed by atoms with Crippen LogP contribution >= 0.6 is 0 Å². The van der Waals surface area contributed by atoms with Gasteiger partial charge in [-0.3, -0.25) is 0 Å². The standard InChI is InChI=1S/C15H20N2O/c1-12-5-6-13(11-16)15(10-12)17-8-3-2-4-14(17)7-9-18/h5-6,10,14,18H,2-4,7-9H2,1H3. The van der Waals surface area contributed by atoms with Crippen LogP contribution < -0.4 is 4.90 Å². The molecule has 3 nitrogen and oxygen atoms in total. The zero-order valence-corrected chi connectivity index (χ0v) is 10.9. The maximum atomic E-state index is 9.23. The SMILES string of the molecule is Cc1ccc(C#N)c(N2CCCCC2CCO)c1. The highest BCUT2D eigenvalue weighted by Crippen LogP contribution is 2.29. The van der Waals surface area contributed by atoms with Gasteiger partial charge in [-0.15, -0.1) is 0 Å². The van der Waals surface area contributed by atoms with Gasteiger partial charge in [0.2, 0.25) is 0 Å². The van der Waals surface area contributed by atoms with E-state index in [1.807, 2.05) is 12.1 Å². The van der Waals surface area contributed by atoms with E-state index in [1.165, 1.54) is 18.4 Å². The van der Waals surface area contributed by atoms with Crippen molar-refractivity contribution in [2.24, 2.45) is 0 Å². The van der Waals surface area contributed by atoms with Gasteiger partial charge in [-0.05, 0) is 50.3 Å². The minimum absolute atomic E-state index is 0.217. The van der Waals surface area contributed by atoms with Crippen molar-refractivity contribution in [3.63, 3.8) is 0 Å². The van der Waals surface area contributed by atoms with Crippen LogP contribution in [0, 0.1) is 18.3 Å². The van der Waals surface area contributed by atoms with E-state index >= 15 is 0 Å². The molecule has 2 rings (SSSR count). The van der Waals surface area contributed by atoms with Crippen molar-refractivity contribution in [1.82, 2.24) is 0 Å². The van der Waals surface area contributed by atoms with Crippen LogP contribution in [-0.2, 0) is 0 Å². The van der Waals surface area contributed by atoms with Crippen LogP contribution in [0.5, 0.6) is 0 Å². The maximum absolute atomic E-state index is 9.23. The Bertz CT molecular complexity index is 448. The second-order valence-corrected chi connectivity index (χ2v) is 4.99. The number of aliphatic hydroxyl groups is 1. The van der Waals surface area contributed by atoms with E-state index in [9.17, 15) is 10.4 Å². The van der Waals surface area contributed by atoms with E-state index in [1.54, 1.807) is 0 Å². The summed E-state index contributed by atoms with van der Waals surface area (Å²) in [6.07, 6.45) is 4.29. The number of piperidine rings is 1. The molecule has 1 heterocycles. The molecule has 0 aliphatic carbocycles. The number of nitrogens with zero attached hydrogens (tertiary/aromatic N) is 2. The van der Waals surface area contributed by atoms with Gasteiger partial charge in [0, 0.05) is 19.2 Å². The largest absolute Gasteiger partial charge is 0.396 e. The molecule has 1 aromatic rings. The van der Waals surface area contributed by atoms with E-state index in [0.29, 0.717) is 6.04 Å². The number of hydrogen-bond donors (Lipinski definition) is 1. The fourth-order valence-electron chi connectivity index (χ4n) is 2.74. The minimum Gasteiger partial charge on any atom is -0.396 e. The fraction of sp³-hybridized carbons (Fsp3) is 0.533. The molecule has 1 fully saturated rings. The molecule has 1 aliphatic rings. The van der Waals surface area contributed by atoms with E-state index < -0.39 is 0 Å². The summed E-state index contributed by atoms with van der Waals surface area (Å²) in [7, 11) is 0. The molecule has 1 aliphatic heterocycles. The number of benzene rings is 1. The predicted molar refractivity (Wildman–Crippen MR) is 72.6 cm³/mol. The predicted octanol–water partition coefficient (Wildman–Crippen LogP) is 2.61. The van der Waals surface area contributed by atoms with Crippen LogP contribution in [0.2, 0.25) is 0 Å². The Hall–Kier alpha value is -1.53. The third-order valence-electron chi connectivity index (χ3n) is 3.67. The lowest BCUT2D eigenvalue weighted by Gasteiger charge is -2.38. The number of anilines is 1. The van der Waals surface area contributed by atoms with Crippen LogP contribution in [0.4, 0.5) is 5.69 Å². The monoisotopic (exact) mass is 244 g/mol. The van der Waals surface area contributed by atoms with Crippen LogP contribution in [0.15, 0.2) is 18.2 Å². The number of aliphatic hydroxyl groups excluding tert-OH is 1. The third kappa shape index (κ3) is 2.65. The zero-order valence-electron chi connectivity index (χ0n) is 10.9. The molecule has 0 radical (unpaired) electrons. The van der Waals surface area contributed by atoms with Gasteiger partial charge in [0.15, 0.2) is 0 Å². The molecule has 0 spiro atoms. The van der Waals surface area contributed by atoms with Crippen molar-refractivity contribution in [3.05, 3.63) is 29.3 Å². The molecule has 0 saturated carbocycles. The lowest BCUT2D eigenvalue weighted by Crippen LogP contribution is -2.40. The molecule has 1 atom stereocenters. The first-order valence-corrected chi connectivity index (χ1v) is 6.64. The summed E-state index contributed by atoms with van der Waals surface area (Å²) < 4.78 is 0. The molecular formula is C15H20N2O. The van der Waals surface area contributed by atoms with Crippen LogP contribution in [0.25, 0.3) is 0 Å². The average molecular weight is 244 g/mol. The van der Waals surface area contributed by atoms with E-state index in [0.717, 1.165) is 30.6 Å². The van der Waals surface area contributed by atoms with Crippen molar-refractivity contribution in [3.8, 4) is 6.07 Å². The number of rotatable bonds is 3. The van der Waals surface area contributed by atoms with Gasteiger partial charge in [-0.2, -0.15) is 5.26 Å². The van der Waals surface area contributed by atoms with Crippen LogP contribution in [-0.4, -0.2) is 24.3 Å².